The Labute approximate surface area is 248 Å². The van der Waals surface area contributed by atoms with Crippen LogP contribution in [-0.4, -0.2) is 59.9 Å². The third-order valence-electron chi connectivity index (χ3n) is 7.66. The summed E-state index contributed by atoms with van der Waals surface area (Å²) in [6.45, 7) is 3.52. The number of carbonyl (C=O) groups excluding carboxylic acids is 2. The second-order valence-electron chi connectivity index (χ2n) is 10.8. The molecule has 6 nitrogen and oxygen atoms in total. The average molecular weight is 572 g/mol. The Morgan fingerprint density at radius 2 is 1.57 bits per heavy atom. The van der Waals surface area contributed by atoms with Crippen LogP contribution in [0, 0.1) is 5.82 Å². The summed E-state index contributed by atoms with van der Waals surface area (Å²) in [6.07, 6.45) is 8.40. The number of aromatic nitrogens is 1. The van der Waals surface area contributed by atoms with Crippen molar-refractivity contribution < 1.29 is 18.7 Å². The number of aromatic amines is 1. The Balaban J connectivity index is 1.48. The lowest BCUT2D eigenvalue weighted by molar-refractivity contribution is -0.132. The number of nitrogens with zero attached hydrogens (tertiary/aromatic N) is 2. The van der Waals surface area contributed by atoms with E-state index in [1.54, 1.807) is 29.0 Å². The molecule has 0 saturated carbocycles. The highest BCUT2D eigenvalue weighted by Crippen LogP contribution is 2.19. The number of para-hydroxylation sites is 1. The summed E-state index contributed by atoms with van der Waals surface area (Å²) in [7, 11) is 1.58. The molecule has 4 rings (SSSR count). The number of ether oxygens (including phenoxy) is 1. The molecule has 1 aromatic heterocycles. The molecule has 222 valence electrons. The number of aryl methyl sites for hydroxylation is 1. The van der Waals surface area contributed by atoms with Gasteiger partial charge in [0.25, 0.3) is 5.91 Å². The first-order valence-corrected chi connectivity index (χ1v) is 14.9. The highest BCUT2D eigenvalue weighted by Gasteiger charge is 2.23. The maximum atomic E-state index is 13.8. The second-order valence-corrected chi connectivity index (χ2v) is 10.8. The van der Waals surface area contributed by atoms with Gasteiger partial charge in [-0.3, -0.25) is 9.59 Å². The molecule has 0 saturated heterocycles. The minimum atomic E-state index is -0.321. The Morgan fingerprint density at radius 1 is 0.833 bits per heavy atom. The summed E-state index contributed by atoms with van der Waals surface area (Å²) < 4.78 is 18.9. The summed E-state index contributed by atoms with van der Waals surface area (Å²) in [6, 6.07) is 22.0. The molecule has 7 heteroatoms. The number of fused-ring (bicyclic) bond motifs is 1. The third kappa shape index (κ3) is 8.76. The van der Waals surface area contributed by atoms with E-state index in [4.69, 9.17) is 4.74 Å². The van der Waals surface area contributed by atoms with Crippen LogP contribution in [0.3, 0.4) is 0 Å². The van der Waals surface area contributed by atoms with Gasteiger partial charge in [0, 0.05) is 49.4 Å². The summed E-state index contributed by atoms with van der Waals surface area (Å²) >= 11 is 0. The first-order chi connectivity index (χ1) is 20.5. The monoisotopic (exact) mass is 571 g/mol. The quantitative estimate of drug-likeness (QED) is 0.151. The fourth-order valence-electron chi connectivity index (χ4n) is 5.17. The molecule has 0 radical (unpaired) electrons. The summed E-state index contributed by atoms with van der Waals surface area (Å²) in [5.41, 5.74) is 4.76. The van der Waals surface area contributed by atoms with Crippen molar-refractivity contribution in [2.24, 2.45) is 0 Å². The van der Waals surface area contributed by atoms with Gasteiger partial charge in [-0.05, 0) is 66.3 Å². The molecule has 2 amide bonds. The number of benzene rings is 3. The molecule has 0 spiro atoms. The van der Waals surface area contributed by atoms with Gasteiger partial charge >= 0.3 is 0 Å². The van der Waals surface area contributed by atoms with Crippen molar-refractivity contribution in [1.82, 2.24) is 14.8 Å². The van der Waals surface area contributed by atoms with Crippen LogP contribution in [0.25, 0.3) is 10.9 Å². The van der Waals surface area contributed by atoms with Gasteiger partial charge in [-0.25, -0.2) is 4.39 Å². The Bertz CT molecular complexity index is 1420. The van der Waals surface area contributed by atoms with Crippen molar-refractivity contribution >= 4 is 22.7 Å². The first-order valence-electron chi connectivity index (χ1n) is 14.9. The van der Waals surface area contributed by atoms with Crippen LogP contribution in [0.5, 0.6) is 0 Å². The average Bonchev–Trinajstić information content (AvgIpc) is 3.43. The summed E-state index contributed by atoms with van der Waals surface area (Å²) in [5, 5.41) is 1.12. The van der Waals surface area contributed by atoms with Gasteiger partial charge in [0.2, 0.25) is 5.91 Å². The fraction of sp³-hybridized carbons (Fsp3) is 0.371. The smallest absolute Gasteiger partial charge is 0.254 e. The molecule has 4 aromatic rings. The predicted octanol–water partition coefficient (Wildman–Crippen LogP) is 6.79. The molecule has 3 aromatic carbocycles. The van der Waals surface area contributed by atoms with Gasteiger partial charge < -0.3 is 19.5 Å². The largest absolute Gasteiger partial charge is 0.383 e. The Morgan fingerprint density at radius 3 is 2.31 bits per heavy atom. The SMILES string of the molecule is CCCCCCc1ccc(C(=O)N(CCOC)CC(=O)N(CCc2c[nH]c3ccccc23)Cc2ccc(F)cc2)cc1. The van der Waals surface area contributed by atoms with E-state index in [2.05, 4.69) is 18.0 Å². The standard InChI is InChI=1S/C35H42FN3O3/c1-3-4-5-6-9-27-12-16-29(17-13-27)35(41)39(22-23-42-2)26-34(40)38(25-28-14-18-31(36)19-15-28)21-20-30-24-37-33-11-8-7-10-32(30)33/h7-8,10-19,24,37H,3-6,9,20-23,25-26H2,1-2H3. The van der Waals surface area contributed by atoms with E-state index in [9.17, 15) is 14.0 Å². The third-order valence-corrected chi connectivity index (χ3v) is 7.66. The molecule has 1 heterocycles. The van der Waals surface area contributed by atoms with E-state index < -0.39 is 0 Å². The second kappa shape index (κ2) is 15.9. The van der Waals surface area contributed by atoms with Crippen molar-refractivity contribution in [2.75, 3.05) is 33.4 Å². The number of H-pyrrole nitrogens is 1. The van der Waals surface area contributed by atoms with Gasteiger partial charge in [-0.2, -0.15) is 0 Å². The molecule has 0 fully saturated rings. The maximum Gasteiger partial charge on any atom is 0.254 e. The van der Waals surface area contributed by atoms with E-state index in [0.29, 0.717) is 38.2 Å². The Hall–Kier alpha value is -3.97. The van der Waals surface area contributed by atoms with Gasteiger partial charge in [-0.1, -0.05) is 68.7 Å². The molecule has 0 aliphatic rings. The summed E-state index contributed by atoms with van der Waals surface area (Å²) in [4.78, 5) is 33.9. The van der Waals surface area contributed by atoms with Gasteiger partial charge in [0.15, 0.2) is 0 Å². The fourth-order valence-corrected chi connectivity index (χ4v) is 5.17. The van der Waals surface area contributed by atoms with Crippen LogP contribution in [-0.2, 0) is 28.9 Å². The van der Waals surface area contributed by atoms with E-state index in [1.165, 1.54) is 37.0 Å². The number of carbonyl (C=O) groups is 2. The highest BCUT2D eigenvalue weighted by molar-refractivity contribution is 5.96. The number of hydrogen-bond acceptors (Lipinski definition) is 3. The topological polar surface area (TPSA) is 65.6 Å². The van der Waals surface area contributed by atoms with Gasteiger partial charge in [-0.15, -0.1) is 0 Å². The molecular formula is C35H42FN3O3. The van der Waals surface area contributed by atoms with E-state index >= 15 is 0 Å². The van der Waals surface area contributed by atoms with Crippen molar-refractivity contribution in [2.45, 2.75) is 52.0 Å². The van der Waals surface area contributed by atoms with Crippen molar-refractivity contribution in [1.29, 1.82) is 0 Å². The molecule has 42 heavy (non-hydrogen) atoms. The lowest BCUT2D eigenvalue weighted by Crippen LogP contribution is -2.44. The summed E-state index contributed by atoms with van der Waals surface area (Å²) in [5.74, 6) is -0.689. The van der Waals surface area contributed by atoms with Crippen molar-refractivity contribution in [3.05, 3.63) is 107 Å². The number of nitrogens with one attached hydrogen (secondary N) is 1. The lowest BCUT2D eigenvalue weighted by Gasteiger charge is -2.28. The Kier molecular flexibility index (Phi) is 11.7. The molecule has 0 aliphatic carbocycles. The molecule has 0 bridgehead atoms. The minimum Gasteiger partial charge on any atom is -0.383 e. The van der Waals surface area contributed by atoms with Gasteiger partial charge in [0.1, 0.15) is 12.4 Å². The molecule has 0 atom stereocenters. The molecular weight excluding hydrogens is 529 g/mol. The number of amides is 2. The van der Waals surface area contributed by atoms with E-state index in [1.807, 2.05) is 48.7 Å². The van der Waals surface area contributed by atoms with Crippen molar-refractivity contribution in [3.8, 4) is 0 Å². The van der Waals surface area contributed by atoms with Crippen LogP contribution < -0.4 is 0 Å². The number of unbranched alkanes of at least 4 members (excludes halogenated alkanes) is 3. The van der Waals surface area contributed by atoms with E-state index in [0.717, 1.165) is 34.9 Å². The van der Waals surface area contributed by atoms with Crippen LogP contribution >= 0.6 is 0 Å². The number of methoxy groups -OCH3 is 1. The van der Waals surface area contributed by atoms with Crippen LogP contribution in [0.2, 0.25) is 0 Å². The van der Waals surface area contributed by atoms with Crippen LogP contribution in [0.1, 0.15) is 59.7 Å². The zero-order valence-corrected chi connectivity index (χ0v) is 24.8. The zero-order valence-electron chi connectivity index (χ0n) is 24.8. The molecule has 1 N–H and O–H groups in total. The maximum absolute atomic E-state index is 13.8. The van der Waals surface area contributed by atoms with Gasteiger partial charge in [0.05, 0.1) is 6.61 Å². The zero-order chi connectivity index (χ0) is 29.7. The highest BCUT2D eigenvalue weighted by atomic mass is 19.1. The van der Waals surface area contributed by atoms with E-state index in [-0.39, 0.29) is 24.2 Å². The molecule has 0 aliphatic heterocycles. The van der Waals surface area contributed by atoms with Crippen LogP contribution in [0.4, 0.5) is 4.39 Å². The number of hydrogen-bond donors (Lipinski definition) is 1. The minimum absolute atomic E-state index is 0.0734. The van der Waals surface area contributed by atoms with Crippen molar-refractivity contribution in [3.63, 3.8) is 0 Å². The molecule has 0 unspecified atom stereocenters. The first kappa shape index (κ1) is 31.0. The predicted molar refractivity (Wildman–Crippen MR) is 166 cm³/mol. The normalized spacial score (nSPS) is 11.1. The van der Waals surface area contributed by atoms with Crippen LogP contribution in [0.15, 0.2) is 79.0 Å². The number of halogens is 1. The lowest BCUT2D eigenvalue weighted by atomic mass is 10.0. The number of rotatable bonds is 16.